The van der Waals surface area contributed by atoms with E-state index in [1.807, 2.05) is 30.0 Å². The standard InChI is InChI=1S/C25H31N5O3S/c1-15-8-9-20(10-16(15)2)30-14-18(12-22(30)32)24-27-28-25(34-24)26-23(33)17-11-21(31)29(13-17)19-6-4-3-5-7-19/h8-10,17-19H,3-7,11-14H2,1-2H3,(H,26,28,33). The molecular formula is C25H31N5O3S. The van der Waals surface area contributed by atoms with Gasteiger partial charge in [0.2, 0.25) is 22.9 Å². The molecule has 3 fully saturated rings. The zero-order valence-electron chi connectivity index (χ0n) is 19.7. The molecule has 2 aromatic rings. The number of rotatable bonds is 5. The summed E-state index contributed by atoms with van der Waals surface area (Å²) in [6, 6.07) is 6.34. The summed E-state index contributed by atoms with van der Waals surface area (Å²) in [5.74, 6) is -0.418. The van der Waals surface area contributed by atoms with Gasteiger partial charge in [-0.25, -0.2) is 0 Å². The van der Waals surface area contributed by atoms with E-state index in [0.29, 0.717) is 24.6 Å². The van der Waals surface area contributed by atoms with E-state index in [-0.39, 0.29) is 42.0 Å². The second kappa shape index (κ2) is 9.44. The number of carbonyl (C=O) groups excluding carboxylic acids is 3. The minimum atomic E-state index is -0.352. The zero-order chi connectivity index (χ0) is 23.8. The Hall–Kier alpha value is -2.81. The van der Waals surface area contributed by atoms with Crippen molar-refractivity contribution in [2.75, 3.05) is 23.3 Å². The fourth-order valence-corrected chi connectivity index (χ4v) is 6.16. The van der Waals surface area contributed by atoms with Crippen LogP contribution in [0.5, 0.6) is 0 Å². The number of anilines is 2. The summed E-state index contributed by atoms with van der Waals surface area (Å²) < 4.78 is 0. The number of aryl methyl sites for hydroxylation is 2. The van der Waals surface area contributed by atoms with Crippen LogP contribution in [0, 0.1) is 19.8 Å². The van der Waals surface area contributed by atoms with Crippen molar-refractivity contribution in [1.29, 1.82) is 0 Å². The molecule has 3 heterocycles. The molecule has 0 spiro atoms. The Morgan fingerprint density at radius 1 is 1.00 bits per heavy atom. The van der Waals surface area contributed by atoms with Gasteiger partial charge in [0.25, 0.3) is 0 Å². The molecule has 1 aromatic carbocycles. The van der Waals surface area contributed by atoms with E-state index >= 15 is 0 Å². The lowest BCUT2D eigenvalue weighted by molar-refractivity contribution is -0.130. The Labute approximate surface area is 203 Å². The average Bonchev–Trinajstić information content (AvgIpc) is 3.55. The van der Waals surface area contributed by atoms with Crippen LogP contribution >= 0.6 is 11.3 Å². The van der Waals surface area contributed by atoms with Gasteiger partial charge in [-0.1, -0.05) is 36.7 Å². The molecule has 2 aliphatic heterocycles. The first kappa shape index (κ1) is 23.0. The third kappa shape index (κ3) is 4.58. The molecule has 0 bridgehead atoms. The molecule has 2 saturated heterocycles. The number of hydrogen-bond donors (Lipinski definition) is 1. The van der Waals surface area contributed by atoms with E-state index in [4.69, 9.17) is 0 Å². The lowest BCUT2D eigenvalue weighted by Gasteiger charge is -2.31. The lowest BCUT2D eigenvalue weighted by Crippen LogP contribution is -2.38. The molecule has 0 radical (unpaired) electrons. The second-order valence-electron chi connectivity index (χ2n) is 9.85. The fourth-order valence-electron chi connectivity index (χ4n) is 5.33. The van der Waals surface area contributed by atoms with Crippen LogP contribution in [-0.2, 0) is 14.4 Å². The molecule has 5 rings (SSSR count). The Morgan fingerprint density at radius 2 is 1.79 bits per heavy atom. The number of hydrogen-bond acceptors (Lipinski definition) is 6. The van der Waals surface area contributed by atoms with Crippen LogP contribution in [0.1, 0.15) is 67.0 Å². The Morgan fingerprint density at radius 3 is 2.56 bits per heavy atom. The normalized spacial score (nSPS) is 23.7. The zero-order valence-corrected chi connectivity index (χ0v) is 20.6. The van der Waals surface area contributed by atoms with Crippen molar-refractivity contribution < 1.29 is 14.4 Å². The maximum Gasteiger partial charge on any atom is 0.231 e. The Bertz CT molecular complexity index is 1110. The topological polar surface area (TPSA) is 95.5 Å². The van der Waals surface area contributed by atoms with Gasteiger partial charge in [0.1, 0.15) is 5.01 Å². The third-order valence-corrected chi connectivity index (χ3v) is 8.49. The van der Waals surface area contributed by atoms with Crippen LogP contribution < -0.4 is 10.2 Å². The van der Waals surface area contributed by atoms with Crippen molar-refractivity contribution in [3.05, 3.63) is 34.3 Å². The smallest absolute Gasteiger partial charge is 0.231 e. The second-order valence-corrected chi connectivity index (χ2v) is 10.9. The molecule has 180 valence electrons. The highest BCUT2D eigenvalue weighted by molar-refractivity contribution is 7.15. The maximum absolute atomic E-state index is 12.9. The largest absolute Gasteiger partial charge is 0.339 e. The summed E-state index contributed by atoms with van der Waals surface area (Å²) in [5, 5.41) is 12.5. The van der Waals surface area contributed by atoms with Gasteiger partial charge in [-0.2, -0.15) is 0 Å². The van der Waals surface area contributed by atoms with Gasteiger partial charge in [0.05, 0.1) is 5.92 Å². The Balaban J connectivity index is 1.20. The van der Waals surface area contributed by atoms with E-state index in [1.165, 1.54) is 23.3 Å². The van der Waals surface area contributed by atoms with Crippen molar-refractivity contribution in [3.8, 4) is 0 Å². The number of aromatic nitrogens is 2. The van der Waals surface area contributed by atoms with Gasteiger partial charge in [0, 0.05) is 43.6 Å². The highest BCUT2D eigenvalue weighted by Crippen LogP contribution is 2.35. The summed E-state index contributed by atoms with van der Waals surface area (Å²) in [6.45, 7) is 5.14. The molecule has 34 heavy (non-hydrogen) atoms. The summed E-state index contributed by atoms with van der Waals surface area (Å²) >= 11 is 1.32. The van der Waals surface area contributed by atoms with Crippen molar-refractivity contribution in [1.82, 2.24) is 15.1 Å². The maximum atomic E-state index is 12.9. The summed E-state index contributed by atoms with van der Waals surface area (Å²) in [7, 11) is 0. The molecule has 8 nitrogen and oxygen atoms in total. The molecule has 1 aliphatic carbocycles. The van der Waals surface area contributed by atoms with E-state index in [0.717, 1.165) is 41.9 Å². The van der Waals surface area contributed by atoms with Crippen molar-refractivity contribution in [3.63, 3.8) is 0 Å². The third-order valence-electron chi connectivity index (χ3n) is 7.49. The number of carbonyl (C=O) groups is 3. The van der Waals surface area contributed by atoms with Crippen LogP contribution in [0.15, 0.2) is 18.2 Å². The van der Waals surface area contributed by atoms with Crippen molar-refractivity contribution in [2.24, 2.45) is 5.92 Å². The van der Waals surface area contributed by atoms with E-state index < -0.39 is 0 Å². The number of nitrogens with zero attached hydrogens (tertiary/aromatic N) is 4. The average molecular weight is 482 g/mol. The van der Waals surface area contributed by atoms with E-state index in [1.54, 1.807) is 4.90 Å². The first-order chi connectivity index (χ1) is 16.4. The lowest BCUT2D eigenvalue weighted by atomic mass is 9.94. The molecule has 2 atom stereocenters. The molecule has 1 aromatic heterocycles. The highest BCUT2D eigenvalue weighted by atomic mass is 32.1. The fraction of sp³-hybridized carbons (Fsp3) is 0.560. The molecule has 9 heteroatoms. The van der Waals surface area contributed by atoms with Gasteiger partial charge >= 0.3 is 0 Å². The van der Waals surface area contributed by atoms with Crippen LogP contribution in [0.3, 0.4) is 0 Å². The molecule has 3 amide bonds. The van der Waals surface area contributed by atoms with Crippen molar-refractivity contribution in [2.45, 2.75) is 70.8 Å². The molecular weight excluding hydrogens is 450 g/mol. The predicted molar refractivity (Wildman–Crippen MR) is 131 cm³/mol. The number of likely N-dealkylation sites (tertiary alicyclic amines) is 1. The van der Waals surface area contributed by atoms with Gasteiger partial charge in [-0.05, 0) is 49.9 Å². The minimum Gasteiger partial charge on any atom is -0.339 e. The minimum absolute atomic E-state index is 0.0490. The summed E-state index contributed by atoms with van der Waals surface area (Å²) in [6.07, 6.45) is 6.26. The molecule has 1 N–H and O–H groups in total. The Kier molecular flexibility index (Phi) is 6.38. The number of nitrogens with one attached hydrogen (secondary N) is 1. The monoisotopic (exact) mass is 481 g/mol. The van der Waals surface area contributed by atoms with Crippen LogP contribution in [0.4, 0.5) is 10.8 Å². The van der Waals surface area contributed by atoms with Gasteiger partial charge in [-0.3, -0.25) is 14.4 Å². The predicted octanol–water partition coefficient (Wildman–Crippen LogP) is 3.80. The van der Waals surface area contributed by atoms with Crippen LogP contribution in [0.2, 0.25) is 0 Å². The molecule has 1 saturated carbocycles. The highest BCUT2D eigenvalue weighted by Gasteiger charge is 2.39. The number of benzene rings is 1. The van der Waals surface area contributed by atoms with Crippen LogP contribution in [-0.4, -0.2) is 52.0 Å². The van der Waals surface area contributed by atoms with E-state index in [9.17, 15) is 14.4 Å². The van der Waals surface area contributed by atoms with Gasteiger partial charge < -0.3 is 15.1 Å². The van der Waals surface area contributed by atoms with Gasteiger partial charge in [-0.15, -0.1) is 10.2 Å². The molecule has 3 aliphatic rings. The first-order valence-corrected chi connectivity index (χ1v) is 13.0. The number of amides is 3. The van der Waals surface area contributed by atoms with E-state index in [2.05, 4.69) is 22.4 Å². The summed E-state index contributed by atoms with van der Waals surface area (Å²) in [4.78, 5) is 41.8. The van der Waals surface area contributed by atoms with Crippen LogP contribution in [0.25, 0.3) is 0 Å². The van der Waals surface area contributed by atoms with Crippen molar-refractivity contribution >= 4 is 39.9 Å². The van der Waals surface area contributed by atoms with Gasteiger partial charge in [0.15, 0.2) is 0 Å². The first-order valence-electron chi connectivity index (χ1n) is 12.2. The SMILES string of the molecule is Cc1ccc(N2CC(c3nnc(NC(=O)C4CC(=O)N(C5CCCCC5)C4)s3)CC2=O)cc1C. The summed E-state index contributed by atoms with van der Waals surface area (Å²) in [5.41, 5.74) is 3.26. The molecule has 2 unspecified atom stereocenters. The quantitative estimate of drug-likeness (QED) is 0.701.